The Bertz CT molecular complexity index is 1930. The summed E-state index contributed by atoms with van der Waals surface area (Å²) in [5.74, 6) is -1.70. The number of hydrogen-bond acceptors (Lipinski definition) is 3. The number of hydrogen-bond donors (Lipinski definition) is 1. The Morgan fingerprint density at radius 3 is 2.22 bits per heavy atom. The van der Waals surface area contributed by atoms with Gasteiger partial charge in [-0.15, -0.1) is 6.58 Å². The van der Waals surface area contributed by atoms with Crippen molar-refractivity contribution in [2.24, 2.45) is 0 Å². The Balaban J connectivity index is 0.000000790. The van der Waals surface area contributed by atoms with E-state index in [2.05, 4.69) is 95.3 Å². The molecule has 3 aromatic carbocycles. The van der Waals surface area contributed by atoms with Gasteiger partial charge in [-0.05, 0) is 116 Å². The molecule has 3 aromatic rings. The molecule has 1 N–H and O–H groups in total. The van der Waals surface area contributed by atoms with Gasteiger partial charge in [0.05, 0.1) is 0 Å². The second kappa shape index (κ2) is 24.3. The Hall–Kier alpha value is -5.07. The standard InChI is InChI=1S/C39H44F2N2.C7H8OS.C2H6/c1-8-12-15-33(10-3)35(11-4)34-23-30(18-17-28(5)6)22-32(24-34)26-42-39(14-9-2)36-16-13-21-43(29(36)7)27-31-19-20-37(40)38(41)25-31;1-9(8)7-5-3-2-4-6-7;1-2/h8,10-16,19-25,42H,1,5,7,9,17-18,26-27H2,2-4,6H3;2-6H,1H3;1-2H3/b15-12-,33-10+,35-11+,39-14-;;. The van der Waals surface area contributed by atoms with Crippen LogP contribution in [-0.4, -0.2) is 15.4 Å². The van der Waals surface area contributed by atoms with Gasteiger partial charge in [0.25, 0.3) is 0 Å². The minimum Gasteiger partial charge on any atom is -0.381 e. The molecule has 0 saturated heterocycles. The second-order valence-electron chi connectivity index (χ2n) is 12.4. The molecular weight excluding hydrogens is 691 g/mol. The van der Waals surface area contributed by atoms with E-state index < -0.39 is 22.4 Å². The van der Waals surface area contributed by atoms with Gasteiger partial charge in [-0.1, -0.05) is 112 Å². The van der Waals surface area contributed by atoms with Gasteiger partial charge < -0.3 is 10.2 Å². The highest BCUT2D eigenvalue weighted by Gasteiger charge is 2.18. The molecule has 286 valence electrons. The molecule has 1 heterocycles. The normalized spacial score (nSPS) is 13.7. The van der Waals surface area contributed by atoms with Gasteiger partial charge in [0.2, 0.25) is 0 Å². The van der Waals surface area contributed by atoms with Crippen LogP contribution in [0.2, 0.25) is 0 Å². The number of aryl methyl sites for hydroxylation is 1. The molecule has 4 rings (SSSR count). The molecule has 1 aliphatic rings. The third-order valence-electron chi connectivity index (χ3n) is 8.31. The summed E-state index contributed by atoms with van der Waals surface area (Å²) in [5.41, 5.74) is 10.5. The average Bonchev–Trinajstić information content (AvgIpc) is 3.18. The molecule has 54 heavy (non-hydrogen) atoms. The van der Waals surface area contributed by atoms with Crippen molar-refractivity contribution in [3.63, 3.8) is 0 Å². The van der Waals surface area contributed by atoms with Crippen LogP contribution in [0.15, 0.2) is 174 Å². The maximum Gasteiger partial charge on any atom is 0.159 e. The molecule has 0 bridgehead atoms. The molecule has 0 fully saturated rings. The van der Waals surface area contributed by atoms with Gasteiger partial charge in [0.1, 0.15) is 0 Å². The zero-order valence-corrected chi connectivity index (χ0v) is 34.0. The molecule has 0 amide bonds. The second-order valence-corrected chi connectivity index (χ2v) is 13.8. The minimum absolute atomic E-state index is 0.386. The first kappa shape index (κ1) is 45.1. The van der Waals surface area contributed by atoms with E-state index in [4.69, 9.17) is 0 Å². The fourth-order valence-electron chi connectivity index (χ4n) is 5.64. The SMILES string of the molecule is C=C\C=C/C(=C\C)C(=C\C)/c1cc(CCC(=C)C)cc(CN/C(=C\CC)C2=CC=CN(Cc3ccc(F)c(F)c3)C2=C)c1.CC.CS(=O)c1ccccc1. The first-order chi connectivity index (χ1) is 26.0. The number of allylic oxidation sites excluding steroid dienone is 11. The van der Waals surface area contributed by atoms with Crippen molar-refractivity contribution in [1.82, 2.24) is 10.2 Å². The van der Waals surface area contributed by atoms with Gasteiger partial charge >= 0.3 is 0 Å². The van der Waals surface area contributed by atoms with E-state index in [1.165, 1.54) is 28.3 Å². The van der Waals surface area contributed by atoms with Crippen molar-refractivity contribution in [3.8, 4) is 0 Å². The first-order valence-electron chi connectivity index (χ1n) is 18.5. The Morgan fingerprint density at radius 1 is 0.944 bits per heavy atom. The van der Waals surface area contributed by atoms with Gasteiger partial charge in [-0.2, -0.15) is 0 Å². The Morgan fingerprint density at radius 2 is 1.65 bits per heavy atom. The van der Waals surface area contributed by atoms with Crippen LogP contribution in [0.4, 0.5) is 8.78 Å². The van der Waals surface area contributed by atoms with Crippen LogP contribution in [-0.2, 0) is 30.3 Å². The lowest BCUT2D eigenvalue weighted by Gasteiger charge is -2.29. The molecule has 3 nitrogen and oxygen atoms in total. The molecular formula is C48H58F2N2OS. The number of nitrogens with zero attached hydrogens (tertiary/aromatic N) is 1. The van der Waals surface area contributed by atoms with E-state index in [9.17, 15) is 13.0 Å². The molecule has 0 aromatic heterocycles. The van der Waals surface area contributed by atoms with Gasteiger partial charge in [-0.25, -0.2) is 8.78 Å². The summed E-state index contributed by atoms with van der Waals surface area (Å²) in [6.07, 6.45) is 22.6. The average molecular weight is 749 g/mol. The summed E-state index contributed by atoms with van der Waals surface area (Å²) >= 11 is 0. The summed E-state index contributed by atoms with van der Waals surface area (Å²) in [6, 6.07) is 20.2. The van der Waals surface area contributed by atoms with E-state index in [0.717, 1.165) is 58.3 Å². The van der Waals surface area contributed by atoms with Gasteiger partial charge in [0, 0.05) is 58.2 Å². The van der Waals surface area contributed by atoms with Crippen molar-refractivity contribution < 1.29 is 13.0 Å². The van der Waals surface area contributed by atoms with Crippen LogP contribution in [0, 0.1) is 11.6 Å². The van der Waals surface area contributed by atoms with Crippen molar-refractivity contribution in [1.29, 1.82) is 0 Å². The highest BCUT2D eigenvalue weighted by molar-refractivity contribution is 7.84. The van der Waals surface area contributed by atoms with Crippen molar-refractivity contribution in [2.75, 3.05) is 6.26 Å². The number of rotatable bonds is 15. The highest BCUT2D eigenvalue weighted by Crippen LogP contribution is 2.29. The molecule has 0 radical (unpaired) electrons. The van der Waals surface area contributed by atoms with Gasteiger partial charge in [-0.3, -0.25) is 4.21 Å². The van der Waals surface area contributed by atoms with E-state index in [0.29, 0.717) is 18.7 Å². The van der Waals surface area contributed by atoms with Crippen LogP contribution in [0.25, 0.3) is 5.57 Å². The fraction of sp³-hybridized carbons (Fsp3) is 0.250. The van der Waals surface area contributed by atoms with Crippen molar-refractivity contribution >= 4 is 16.4 Å². The van der Waals surface area contributed by atoms with Crippen LogP contribution in [0.1, 0.15) is 76.6 Å². The topological polar surface area (TPSA) is 32.3 Å². The summed E-state index contributed by atoms with van der Waals surface area (Å²) in [6.45, 7) is 25.6. The molecule has 1 atom stereocenters. The lowest BCUT2D eigenvalue weighted by atomic mass is 9.92. The zero-order valence-electron chi connectivity index (χ0n) is 33.2. The van der Waals surface area contributed by atoms with Crippen LogP contribution in [0.5, 0.6) is 0 Å². The summed E-state index contributed by atoms with van der Waals surface area (Å²) in [4.78, 5) is 2.84. The highest BCUT2D eigenvalue weighted by atomic mass is 32.2. The fourth-order valence-corrected chi connectivity index (χ4v) is 6.18. The number of nitrogens with one attached hydrogen (secondary N) is 1. The van der Waals surface area contributed by atoms with E-state index in [1.54, 1.807) is 18.4 Å². The molecule has 0 spiro atoms. The van der Waals surface area contributed by atoms with Crippen LogP contribution < -0.4 is 5.32 Å². The maximum absolute atomic E-state index is 13.9. The molecule has 1 aliphatic heterocycles. The third-order valence-corrected chi connectivity index (χ3v) is 9.24. The summed E-state index contributed by atoms with van der Waals surface area (Å²) < 4.78 is 38.1. The van der Waals surface area contributed by atoms with Crippen LogP contribution in [0.3, 0.4) is 0 Å². The number of halogens is 2. The summed E-state index contributed by atoms with van der Waals surface area (Å²) in [7, 11) is -0.829. The van der Waals surface area contributed by atoms with Crippen LogP contribution >= 0.6 is 0 Å². The molecule has 6 heteroatoms. The predicted molar refractivity (Wildman–Crippen MR) is 230 cm³/mol. The zero-order chi connectivity index (χ0) is 40.0. The number of benzene rings is 3. The Labute approximate surface area is 326 Å². The third kappa shape index (κ3) is 14.4. The maximum atomic E-state index is 13.9. The Kier molecular flexibility index (Phi) is 20.3. The monoisotopic (exact) mass is 748 g/mol. The lowest BCUT2D eigenvalue weighted by molar-refractivity contribution is 0.457. The minimum atomic E-state index is -0.850. The van der Waals surface area contributed by atoms with Crippen molar-refractivity contribution in [2.45, 2.75) is 78.8 Å². The quantitative estimate of drug-likeness (QED) is 0.124. The van der Waals surface area contributed by atoms with E-state index >= 15 is 0 Å². The smallest absolute Gasteiger partial charge is 0.159 e. The van der Waals surface area contributed by atoms with E-state index in [-0.39, 0.29) is 0 Å². The lowest BCUT2D eigenvalue weighted by Crippen LogP contribution is -2.24. The predicted octanol–water partition coefficient (Wildman–Crippen LogP) is 12.9. The summed E-state index contributed by atoms with van der Waals surface area (Å²) in [5, 5.41) is 3.67. The van der Waals surface area contributed by atoms with Crippen molar-refractivity contribution in [3.05, 3.63) is 203 Å². The molecule has 1 unspecified atom stereocenters. The first-order valence-corrected chi connectivity index (χ1v) is 20.1. The molecule has 0 aliphatic carbocycles. The molecule has 0 saturated carbocycles. The largest absolute Gasteiger partial charge is 0.381 e. The van der Waals surface area contributed by atoms with Gasteiger partial charge in [0.15, 0.2) is 11.6 Å². The van der Waals surface area contributed by atoms with E-state index in [1.807, 2.05) is 73.5 Å².